The van der Waals surface area contributed by atoms with Gasteiger partial charge in [0.05, 0.1) is 6.04 Å². The van der Waals surface area contributed by atoms with Crippen molar-refractivity contribution in [2.45, 2.75) is 58.0 Å². The van der Waals surface area contributed by atoms with Crippen molar-refractivity contribution in [2.24, 2.45) is 5.92 Å². The Hall–Kier alpha value is -1.06. The van der Waals surface area contributed by atoms with Crippen molar-refractivity contribution < 1.29 is 4.79 Å². The number of fused-ring (bicyclic) bond motifs is 1. The Labute approximate surface area is 133 Å². The van der Waals surface area contributed by atoms with Crippen molar-refractivity contribution in [1.82, 2.24) is 5.32 Å². The van der Waals surface area contributed by atoms with E-state index in [9.17, 15) is 4.79 Å². The fraction of sp³-hybridized carbons (Fsp3) is 0.588. The smallest absolute Gasteiger partial charge is 0.241 e. The average molecular weight is 309 g/mol. The first-order chi connectivity index (χ1) is 9.63. The maximum absolute atomic E-state index is 12.4. The Bertz CT molecular complexity index is 504. The molecule has 0 aromatic heterocycles. The van der Waals surface area contributed by atoms with Crippen LogP contribution in [0.2, 0.25) is 0 Å². The van der Waals surface area contributed by atoms with E-state index in [0.717, 1.165) is 12.1 Å². The van der Waals surface area contributed by atoms with Crippen molar-refractivity contribution in [3.63, 3.8) is 0 Å². The minimum absolute atomic E-state index is 0. The molecular weight excluding hydrogens is 284 g/mol. The summed E-state index contributed by atoms with van der Waals surface area (Å²) in [5.74, 6) is 0.835. The zero-order valence-electron chi connectivity index (χ0n) is 12.8. The molecule has 0 spiro atoms. The van der Waals surface area contributed by atoms with Gasteiger partial charge >= 0.3 is 0 Å². The van der Waals surface area contributed by atoms with Crippen LogP contribution in [-0.2, 0) is 4.79 Å². The number of halogens is 1. The SMILES string of the molecule is Cc1ccc(NC(=O)C2CC3CCCCC3N2)cc1C.Cl. The highest BCUT2D eigenvalue weighted by Gasteiger charge is 2.38. The molecule has 2 N–H and O–H groups in total. The Balaban J connectivity index is 0.00000161. The largest absolute Gasteiger partial charge is 0.325 e. The van der Waals surface area contributed by atoms with E-state index in [1.54, 1.807) is 0 Å². The summed E-state index contributed by atoms with van der Waals surface area (Å²) in [5.41, 5.74) is 3.39. The summed E-state index contributed by atoms with van der Waals surface area (Å²) < 4.78 is 0. The van der Waals surface area contributed by atoms with Gasteiger partial charge in [0.1, 0.15) is 0 Å². The van der Waals surface area contributed by atoms with Gasteiger partial charge in [-0.25, -0.2) is 0 Å². The van der Waals surface area contributed by atoms with Gasteiger partial charge in [0.2, 0.25) is 5.91 Å². The number of hydrogen-bond acceptors (Lipinski definition) is 2. The molecule has 2 aliphatic rings. The lowest BCUT2D eigenvalue weighted by atomic mass is 9.85. The third-order valence-corrected chi connectivity index (χ3v) is 4.95. The predicted molar refractivity (Wildman–Crippen MR) is 89.1 cm³/mol. The average Bonchev–Trinajstić information content (AvgIpc) is 2.87. The van der Waals surface area contributed by atoms with Gasteiger partial charge in [0, 0.05) is 11.7 Å². The number of rotatable bonds is 2. The molecule has 21 heavy (non-hydrogen) atoms. The zero-order chi connectivity index (χ0) is 14.1. The summed E-state index contributed by atoms with van der Waals surface area (Å²) in [5, 5.41) is 6.59. The normalized spacial score (nSPS) is 27.6. The van der Waals surface area contributed by atoms with Gasteiger partial charge in [-0.05, 0) is 62.3 Å². The molecule has 1 aliphatic heterocycles. The maximum Gasteiger partial charge on any atom is 0.241 e. The number of nitrogens with one attached hydrogen (secondary N) is 2. The molecule has 2 fully saturated rings. The van der Waals surface area contributed by atoms with Crippen LogP contribution in [0.3, 0.4) is 0 Å². The molecule has 3 unspecified atom stereocenters. The first-order valence-corrected chi connectivity index (χ1v) is 7.77. The lowest BCUT2D eigenvalue weighted by Gasteiger charge is -2.24. The van der Waals surface area contributed by atoms with Crippen molar-refractivity contribution in [3.8, 4) is 0 Å². The van der Waals surface area contributed by atoms with E-state index < -0.39 is 0 Å². The number of benzene rings is 1. The molecule has 0 radical (unpaired) electrons. The Kier molecular flexibility index (Phi) is 5.28. The minimum atomic E-state index is -0.00953. The molecule has 1 aliphatic carbocycles. The van der Waals surface area contributed by atoms with E-state index in [1.165, 1.54) is 36.8 Å². The molecule has 1 heterocycles. The Morgan fingerprint density at radius 3 is 2.67 bits per heavy atom. The third-order valence-electron chi connectivity index (χ3n) is 4.95. The summed E-state index contributed by atoms with van der Waals surface area (Å²) in [6, 6.07) is 6.66. The fourth-order valence-electron chi connectivity index (χ4n) is 3.57. The number of carbonyl (C=O) groups excluding carboxylic acids is 1. The second-order valence-electron chi connectivity index (χ2n) is 6.39. The highest BCUT2D eigenvalue weighted by atomic mass is 35.5. The van der Waals surface area contributed by atoms with E-state index in [4.69, 9.17) is 0 Å². The summed E-state index contributed by atoms with van der Waals surface area (Å²) in [4.78, 5) is 12.4. The van der Waals surface area contributed by atoms with Crippen molar-refractivity contribution in [2.75, 3.05) is 5.32 Å². The van der Waals surface area contributed by atoms with Gasteiger partial charge in [-0.3, -0.25) is 4.79 Å². The Morgan fingerprint density at radius 2 is 1.95 bits per heavy atom. The highest BCUT2D eigenvalue weighted by Crippen LogP contribution is 2.33. The van der Waals surface area contributed by atoms with Crippen molar-refractivity contribution in [1.29, 1.82) is 0 Å². The van der Waals surface area contributed by atoms with Crippen LogP contribution in [0, 0.1) is 19.8 Å². The summed E-state index contributed by atoms with van der Waals surface area (Å²) >= 11 is 0. The number of amides is 1. The summed E-state index contributed by atoms with van der Waals surface area (Å²) in [7, 11) is 0. The molecule has 1 saturated heterocycles. The molecule has 116 valence electrons. The van der Waals surface area contributed by atoms with Crippen molar-refractivity contribution in [3.05, 3.63) is 29.3 Å². The monoisotopic (exact) mass is 308 g/mol. The molecule has 1 aromatic carbocycles. The van der Waals surface area contributed by atoms with E-state index in [2.05, 4.69) is 36.6 Å². The number of anilines is 1. The zero-order valence-corrected chi connectivity index (χ0v) is 13.6. The number of hydrogen-bond donors (Lipinski definition) is 2. The highest BCUT2D eigenvalue weighted by molar-refractivity contribution is 5.95. The van der Waals surface area contributed by atoms with Crippen LogP contribution in [-0.4, -0.2) is 18.0 Å². The van der Waals surface area contributed by atoms with E-state index in [-0.39, 0.29) is 24.4 Å². The van der Waals surface area contributed by atoms with E-state index in [1.807, 2.05) is 6.07 Å². The summed E-state index contributed by atoms with van der Waals surface area (Å²) in [6.45, 7) is 4.16. The molecule has 3 atom stereocenters. The molecule has 1 aromatic rings. The maximum atomic E-state index is 12.4. The van der Waals surface area contributed by atoms with Gasteiger partial charge in [-0.2, -0.15) is 0 Å². The van der Waals surface area contributed by atoms with Crippen molar-refractivity contribution >= 4 is 24.0 Å². The van der Waals surface area contributed by atoms with Crippen LogP contribution in [0.4, 0.5) is 5.69 Å². The first-order valence-electron chi connectivity index (χ1n) is 7.77. The molecular formula is C17H25ClN2O. The van der Waals surface area contributed by atoms with Crippen LogP contribution in [0.5, 0.6) is 0 Å². The van der Waals surface area contributed by atoms with Gasteiger partial charge < -0.3 is 10.6 Å². The van der Waals surface area contributed by atoms with E-state index in [0.29, 0.717) is 12.0 Å². The summed E-state index contributed by atoms with van der Waals surface area (Å²) in [6.07, 6.45) is 6.15. The van der Waals surface area contributed by atoms with Crippen LogP contribution < -0.4 is 10.6 Å². The quantitative estimate of drug-likeness (QED) is 0.876. The van der Waals surface area contributed by atoms with Gasteiger partial charge in [-0.15, -0.1) is 12.4 Å². The lowest BCUT2D eigenvalue weighted by Crippen LogP contribution is -2.39. The van der Waals surface area contributed by atoms with Gasteiger partial charge in [0.15, 0.2) is 0 Å². The molecule has 1 saturated carbocycles. The lowest BCUT2D eigenvalue weighted by molar-refractivity contribution is -0.117. The van der Waals surface area contributed by atoms with Crippen LogP contribution in [0.25, 0.3) is 0 Å². The minimum Gasteiger partial charge on any atom is -0.325 e. The molecule has 3 rings (SSSR count). The topological polar surface area (TPSA) is 41.1 Å². The van der Waals surface area contributed by atoms with Crippen LogP contribution in [0.1, 0.15) is 43.2 Å². The second-order valence-corrected chi connectivity index (χ2v) is 6.39. The number of carbonyl (C=O) groups is 1. The van der Waals surface area contributed by atoms with Gasteiger partial charge in [-0.1, -0.05) is 18.9 Å². The van der Waals surface area contributed by atoms with Crippen LogP contribution in [0.15, 0.2) is 18.2 Å². The number of aryl methyl sites for hydroxylation is 2. The van der Waals surface area contributed by atoms with Crippen LogP contribution >= 0.6 is 12.4 Å². The molecule has 4 heteroatoms. The van der Waals surface area contributed by atoms with E-state index >= 15 is 0 Å². The third kappa shape index (κ3) is 3.58. The second kappa shape index (κ2) is 6.80. The fourth-order valence-corrected chi connectivity index (χ4v) is 3.57. The first kappa shape index (κ1) is 16.3. The Morgan fingerprint density at radius 1 is 1.19 bits per heavy atom. The molecule has 0 bridgehead atoms. The predicted octanol–water partition coefficient (Wildman–Crippen LogP) is 3.58. The molecule has 3 nitrogen and oxygen atoms in total. The molecule has 1 amide bonds. The standard InChI is InChI=1S/C17H24N2O.ClH/c1-11-7-8-14(9-12(11)2)18-17(20)16-10-13-5-3-4-6-15(13)19-16;/h7-9,13,15-16,19H,3-6,10H2,1-2H3,(H,18,20);1H. The van der Waals surface area contributed by atoms with Gasteiger partial charge in [0.25, 0.3) is 0 Å².